The van der Waals surface area contributed by atoms with Crippen LogP contribution in [0.4, 0.5) is 0 Å². The zero-order valence-electron chi connectivity index (χ0n) is 15.0. The largest absolute Gasteiger partial charge is 0.441 e. The predicted octanol–water partition coefficient (Wildman–Crippen LogP) is 5.04. The van der Waals surface area contributed by atoms with Crippen LogP contribution in [0.1, 0.15) is 30.9 Å². The summed E-state index contributed by atoms with van der Waals surface area (Å²) in [5.41, 5.74) is 2.19. The fourth-order valence-electron chi connectivity index (χ4n) is 2.84. The first-order valence-electron chi connectivity index (χ1n) is 8.37. The summed E-state index contributed by atoms with van der Waals surface area (Å²) in [5, 5.41) is 7.73. The van der Waals surface area contributed by atoms with Gasteiger partial charge in [-0.1, -0.05) is 29.8 Å². The van der Waals surface area contributed by atoms with Crippen molar-refractivity contribution in [3.05, 3.63) is 63.1 Å². The topological polar surface area (TPSA) is 55.1 Å². The van der Waals surface area contributed by atoms with Gasteiger partial charge in [0.15, 0.2) is 0 Å². The third kappa shape index (κ3) is 4.54. The lowest BCUT2D eigenvalue weighted by Gasteiger charge is -2.27. The van der Waals surface area contributed by atoms with Crippen LogP contribution in [0.15, 0.2) is 45.5 Å². The lowest BCUT2D eigenvalue weighted by Crippen LogP contribution is -2.45. The molecule has 1 N–H and O–H groups in total. The van der Waals surface area contributed by atoms with E-state index in [-0.39, 0.29) is 12.3 Å². The summed E-state index contributed by atoms with van der Waals surface area (Å²) in [6.45, 7) is 5.81. The van der Waals surface area contributed by atoms with E-state index in [1.165, 1.54) is 0 Å². The molecule has 6 heteroatoms. The van der Waals surface area contributed by atoms with Crippen molar-refractivity contribution in [1.29, 1.82) is 0 Å². The number of rotatable bonds is 6. The van der Waals surface area contributed by atoms with E-state index in [0.29, 0.717) is 28.8 Å². The van der Waals surface area contributed by atoms with Crippen molar-refractivity contribution >= 4 is 28.8 Å². The van der Waals surface area contributed by atoms with E-state index < -0.39 is 5.54 Å². The quantitative estimate of drug-likeness (QED) is 0.643. The van der Waals surface area contributed by atoms with Gasteiger partial charge in [0, 0.05) is 21.5 Å². The highest BCUT2D eigenvalue weighted by Crippen LogP contribution is 2.24. The number of nitrogens with one attached hydrogen (secondary N) is 1. The van der Waals surface area contributed by atoms with Crippen LogP contribution in [0.25, 0.3) is 11.5 Å². The van der Waals surface area contributed by atoms with Gasteiger partial charge in [-0.3, -0.25) is 4.79 Å². The predicted molar refractivity (Wildman–Crippen MR) is 106 cm³/mol. The first-order chi connectivity index (χ1) is 12.3. The Hall–Kier alpha value is -2.11. The average molecular weight is 389 g/mol. The number of nitrogens with zero attached hydrogens (tertiary/aromatic N) is 1. The van der Waals surface area contributed by atoms with E-state index in [9.17, 15) is 4.79 Å². The Morgan fingerprint density at radius 2 is 2.08 bits per heavy atom. The zero-order valence-corrected chi connectivity index (χ0v) is 16.6. The van der Waals surface area contributed by atoms with Gasteiger partial charge in [-0.05, 0) is 50.3 Å². The van der Waals surface area contributed by atoms with Crippen molar-refractivity contribution in [3.63, 3.8) is 0 Å². The molecule has 136 valence electrons. The van der Waals surface area contributed by atoms with Crippen LogP contribution in [-0.2, 0) is 17.6 Å². The van der Waals surface area contributed by atoms with Crippen LogP contribution in [0.2, 0.25) is 5.02 Å². The van der Waals surface area contributed by atoms with Gasteiger partial charge >= 0.3 is 0 Å². The Morgan fingerprint density at radius 1 is 1.31 bits per heavy atom. The second-order valence-electron chi connectivity index (χ2n) is 6.91. The minimum atomic E-state index is -0.421. The van der Waals surface area contributed by atoms with Crippen molar-refractivity contribution in [3.8, 4) is 11.5 Å². The van der Waals surface area contributed by atoms with Crippen LogP contribution in [0, 0.1) is 6.92 Å². The number of halogens is 1. The molecule has 0 aliphatic rings. The average Bonchev–Trinajstić information content (AvgIpc) is 3.19. The Kier molecular flexibility index (Phi) is 5.49. The molecule has 0 bridgehead atoms. The molecule has 0 spiro atoms. The number of amides is 1. The molecule has 3 rings (SSSR count). The van der Waals surface area contributed by atoms with Gasteiger partial charge in [-0.2, -0.15) is 11.3 Å². The van der Waals surface area contributed by atoms with Gasteiger partial charge in [-0.15, -0.1) is 0 Å². The van der Waals surface area contributed by atoms with Crippen molar-refractivity contribution < 1.29 is 9.21 Å². The third-order valence-corrected chi connectivity index (χ3v) is 5.11. The number of oxazole rings is 1. The summed E-state index contributed by atoms with van der Waals surface area (Å²) in [4.78, 5) is 17.0. The van der Waals surface area contributed by atoms with E-state index in [1.54, 1.807) is 11.3 Å². The number of hydrogen-bond donors (Lipinski definition) is 1. The minimum absolute atomic E-state index is 0.0877. The fourth-order valence-corrected chi connectivity index (χ4v) is 3.67. The van der Waals surface area contributed by atoms with E-state index in [2.05, 4.69) is 10.3 Å². The van der Waals surface area contributed by atoms with Gasteiger partial charge in [0.1, 0.15) is 5.76 Å². The van der Waals surface area contributed by atoms with Gasteiger partial charge < -0.3 is 9.73 Å². The van der Waals surface area contributed by atoms with Crippen molar-refractivity contribution in [1.82, 2.24) is 10.3 Å². The fraction of sp³-hybridized carbons (Fsp3) is 0.300. The van der Waals surface area contributed by atoms with Gasteiger partial charge in [0.2, 0.25) is 11.8 Å². The first-order valence-corrected chi connectivity index (χ1v) is 9.69. The van der Waals surface area contributed by atoms with E-state index in [4.69, 9.17) is 16.0 Å². The molecule has 0 aliphatic carbocycles. The zero-order chi connectivity index (χ0) is 18.7. The molecular formula is C20H21ClN2O2S. The molecule has 0 aliphatic heterocycles. The molecule has 1 aromatic carbocycles. The number of thiophene rings is 1. The first kappa shape index (κ1) is 18.7. The molecule has 1 amide bonds. The molecule has 0 saturated carbocycles. The van der Waals surface area contributed by atoms with Crippen LogP contribution < -0.4 is 5.32 Å². The van der Waals surface area contributed by atoms with E-state index in [0.717, 1.165) is 11.1 Å². The Morgan fingerprint density at radius 3 is 2.77 bits per heavy atom. The van der Waals surface area contributed by atoms with Crippen molar-refractivity contribution in [2.75, 3.05) is 0 Å². The molecule has 4 nitrogen and oxygen atoms in total. The lowest BCUT2D eigenvalue weighted by atomic mass is 9.94. The molecule has 0 atom stereocenters. The monoisotopic (exact) mass is 388 g/mol. The van der Waals surface area contributed by atoms with E-state index >= 15 is 0 Å². The molecule has 2 heterocycles. The third-order valence-electron chi connectivity index (χ3n) is 4.06. The number of benzene rings is 1. The summed E-state index contributed by atoms with van der Waals surface area (Å²) in [7, 11) is 0. The number of aryl methyl sites for hydroxylation is 1. The standard InChI is InChI=1S/C20H21ClN2O2S/c1-13-17(22-19(25-13)15-8-9-26-12-15)10-18(24)23-20(2,3)11-14-6-4-5-7-16(14)21/h4-9,12H,10-11H2,1-3H3,(H,23,24). The Bertz CT molecular complexity index is 900. The van der Waals surface area contributed by atoms with Crippen molar-refractivity contribution in [2.45, 2.75) is 39.2 Å². The maximum atomic E-state index is 12.5. The van der Waals surface area contributed by atoms with Crippen LogP contribution in [0.5, 0.6) is 0 Å². The van der Waals surface area contributed by atoms with Crippen LogP contribution in [-0.4, -0.2) is 16.4 Å². The number of carbonyl (C=O) groups is 1. The summed E-state index contributed by atoms with van der Waals surface area (Å²) in [6.07, 6.45) is 0.835. The summed E-state index contributed by atoms with van der Waals surface area (Å²) in [5.74, 6) is 1.14. The van der Waals surface area contributed by atoms with Crippen LogP contribution >= 0.6 is 22.9 Å². The number of hydrogen-bond acceptors (Lipinski definition) is 4. The molecule has 26 heavy (non-hydrogen) atoms. The molecule has 3 aromatic rings. The Balaban J connectivity index is 1.66. The van der Waals surface area contributed by atoms with Gasteiger partial charge in [0.05, 0.1) is 12.1 Å². The van der Waals surface area contributed by atoms with Crippen LogP contribution in [0.3, 0.4) is 0 Å². The SMILES string of the molecule is Cc1oc(-c2ccsc2)nc1CC(=O)NC(C)(C)Cc1ccccc1Cl. The maximum Gasteiger partial charge on any atom is 0.227 e. The molecule has 0 saturated heterocycles. The smallest absolute Gasteiger partial charge is 0.227 e. The summed E-state index contributed by atoms with van der Waals surface area (Å²) < 4.78 is 5.70. The lowest BCUT2D eigenvalue weighted by molar-refractivity contribution is -0.122. The highest BCUT2D eigenvalue weighted by molar-refractivity contribution is 7.08. The summed E-state index contributed by atoms with van der Waals surface area (Å²) >= 11 is 7.82. The van der Waals surface area contributed by atoms with Crippen molar-refractivity contribution in [2.24, 2.45) is 0 Å². The second-order valence-corrected chi connectivity index (χ2v) is 8.10. The Labute approximate surface area is 162 Å². The highest BCUT2D eigenvalue weighted by Gasteiger charge is 2.23. The summed E-state index contributed by atoms with van der Waals surface area (Å²) in [6, 6.07) is 9.64. The number of aromatic nitrogens is 1. The van der Waals surface area contributed by atoms with Gasteiger partial charge in [0.25, 0.3) is 0 Å². The maximum absolute atomic E-state index is 12.5. The molecular weight excluding hydrogens is 368 g/mol. The van der Waals surface area contributed by atoms with E-state index in [1.807, 2.05) is 61.9 Å². The second kappa shape index (κ2) is 7.64. The normalized spacial score (nSPS) is 11.5. The molecule has 2 aromatic heterocycles. The molecule has 0 unspecified atom stereocenters. The minimum Gasteiger partial charge on any atom is -0.441 e. The van der Waals surface area contributed by atoms with Gasteiger partial charge in [-0.25, -0.2) is 4.98 Å². The molecule has 0 radical (unpaired) electrons. The molecule has 0 fully saturated rings. The highest BCUT2D eigenvalue weighted by atomic mass is 35.5. The number of carbonyl (C=O) groups excluding carboxylic acids is 1.